The van der Waals surface area contributed by atoms with Crippen molar-refractivity contribution in [3.8, 4) is 0 Å². The van der Waals surface area contributed by atoms with Crippen molar-refractivity contribution in [2.24, 2.45) is 0 Å². The van der Waals surface area contributed by atoms with Gasteiger partial charge in [-0.1, -0.05) is 22.9 Å². The highest BCUT2D eigenvalue weighted by Gasteiger charge is 2.11. The summed E-state index contributed by atoms with van der Waals surface area (Å²) < 4.78 is 14.2. The molecule has 1 rings (SSSR count). The molecule has 0 bridgehead atoms. The topological polar surface area (TPSA) is 20.3 Å². The van der Waals surface area contributed by atoms with E-state index in [9.17, 15) is 9.18 Å². The van der Waals surface area contributed by atoms with Gasteiger partial charge in [0.25, 0.3) is 0 Å². The number of benzene rings is 1. The van der Waals surface area contributed by atoms with Crippen molar-refractivity contribution in [2.75, 3.05) is 14.1 Å². The fraction of sp³-hybridized carbons (Fsp3) is 0.308. The van der Waals surface area contributed by atoms with Crippen molar-refractivity contribution in [3.05, 3.63) is 45.8 Å². The van der Waals surface area contributed by atoms with E-state index in [1.54, 1.807) is 6.07 Å². The van der Waals surface area contributed by atoms with E-state index < -0.39 is 5.82 Å². The third-order valence-corrected chi connectivity index (χ3v) is 2.92. The van der Waals surface area contributed by atoms with Crippen LogP contribution in [0.25, 0.3) is 0 Å². The zero-order valence-electron chi connectivity index (χ0n) is 10.1. The largest absolute Gasteiger partial charge is 0.381 e. The van der Waals surface area contributed by atoms with Crippen LogP contribution in [0.2, 0.25) is 0 Å². The highest BCUT2D eigenvalue weighted by atomic mass is 79.9. The monoisotopic (exact) mass is 299 g/mol. The minimum Gasteiger partial charge on any atom is -0.381 e. The van der Waals surface area contributed by atoms with Crippen LogP contribution in [-0.2, 0) is 0 Å². The Morgan fingerprint density at radius 1 is 1.47 bits per heavy atom. The Labute approximate surface area is 109 Å². The van der Waals surface area contributed by atoms with Crippen LogP contribution in [0.15, 0.2) is 34.4 Å². The van der Waals surface area contributed by atoms with Gasteiger partial charge >= 0.3 is 0 Å². The van der Waals surface area contributed by atoms with Crippen LogP contribution in [0, 0.1) is 5.82 Å². The van der Waals surface area contributed by atoms with Gasteiger partial charge in [0.1, 0.15) is 5.82 Å². The standard InChI is InChI=1S/C13H15BrFNO/c1-4-10(16(2)3)8-13(17)11-6-5-9(14)7-12(11)15/h5-8H,4H2,1-3H3/b10-8-. The van der Waals surface area contributed by atoms with Crippen LogP contribution in [0.3, 0.4) is 0 Å². The first-order valence-corrected chi connectivity index (χ1v) is 6.12. The van der Waals surface area contributed by atoms with Crippen LogP contribution in [0.1, 0.15) is 23.7 Å². The maximum absolute atomic E-state index is 13.6. The third-order valence-electron chi connectivity index (χ3n) is 2.43. The number of hydrogen-bond donors (Lipinski definition) is 0. The summed E-state index contributed by atoms with van der Waals surface area (Å²) in [6.07, 6.45) is 2.21. The molecule has 0 radical (unpaired) electrons. The normalized spacial score (nSPS) is 11.5. The highest BCUT2D eigenvalue weighted by Crippen LogP contribution is 2.17. The van der Waals surface area contributed by atoms with Crippen molar-refractivity contribution in [1.82, 2.24) is 4.90 Å². The predicted molar refractivity (Wildman–Crippen MR) is 70.5 cm³/mol. The molecule has 0 saturated heterocycles. The molecule has 0 aliphatic carbocycles. The van der Waals surface area contributed by atoms with E-state index >= 15 is 0 Å². The van der Waals surface area contributed by atoms with Gasteiger partial charge in [-0.15, -0.1) is 0 Å². The maximum Gasteiger partial charge on any atom is 0.190 e. The van der Waals surface area contributed by atoms with E-state index in [1.807, 2.05) is 25.9 Å². The van der Waals surface area contributed by atoms with Crippen LogP contribution in [0.4, 0.5) is 4.39 Å². The summed E-state index contributed by atoms with van der Waals surface area (Å²) >= 11 is 3.16. The third kappa shape index (κ3) is 3.66. The van der Waals surface area contributed by atoms with Gasteiger partial charge in [-0.25, -0.2) is 4.39 Å². The SMILES string of the molecule is CC/C(=C/C(=O)c1ccc(Br)cc1F)N(C)C. The van der Waals surface area contributed by atoms with Crippen LogP contribution >= 0.6 is 15.9 Å². The molecule has 0 atom stereocenters. The first-order valence-electron chi connectivity index (χ1n) is 5.33. The van der Waals surface area contributed by atoms with Crippen molar-refractivity contribution >= 4 is 21.7 Å². The van der Waals surface area contributed by atoms with Gasteiger partial charge in [-0.3, -0.25) is 4.79 Å². The quantitative estimate of drug-likeness (QED) is 0.625. The van der Waals surface area contributed by atoms with Gasteiger partial charge in [-0.05, 0) is 24.6 Å². The predicted octanol–water partition coefficient (Wildman–Crippen LogP) is 3.63. The average Bonchev–Trinajstić information content (AvgIpc) is 2.24. The lowest BCUT2D eigenvalue weighted by molar-refractivity contribution is 0.104. The van der Waals surface area contributed by atoms with Gasteiger partial charge < -0.3 is 4.90 Å². The van der Waals surface area contributed by atoms with Gasteiger partial charge in [-0.2, -0.15) is 0 Å². The van der Waals surface area contributed by atoms with E-state index in [2.05, 4.69) is 15.9 Å². The molecule has 0 aromatic heterocycles. The minimum atomic E-state index is -0.505. The van der Waals surface area contributed by atoms with Crippen molar-refractivity contribution < 1.29 is 9.18 Å². The molecule has 92 valence electrons. The van der Waals surface area contributed by atoms with Crippen molar-refractivity contribution in [1.29, 1.82) is 0 Å². The maximum atomic E-state index is 13.6. The smallest absolute Gasteiger partial charge is 0.190 e. The molecule has 0 aliphatic heterocycles. The van der Waals surface area contributed by atoms with Gasteiger partial charge in [0, 0.05) is 30.3 Å². The number of carbonyl (C=O) groups is 1. The lowest BCUT2D eigenvalue weighted by atomic mass is 10.1. The van der Waals surface area contributed by atoms with Crippen molar-refractivity contribution in [2.45, 2.75) is 13.3 Å². The fourth-order valence-electron chi connectivity index (χ4n) is 1.47. The lowest BCUT2D eigenvalue weighted by Gasteiger charge is -2.15. The van der Waals surface area contributed by atoms with Crippen molar-refractivity contribution in [3.63, 3.8) is 0 Å². The van der Waals surface area contributed by atoms with E-state index in [4.69, 9.17) is 0 Å². The van der Waals surface area contributed by atoms with Gasteiger partial charge in [0.2, 0.25) is 0 Å². The fourth-order valence-corrected chi connectivity index (χ4v) is 1.80. The molecule has 0 N–H and O–H groups in total. The Morgan fingerprint density at radius 3 is 2.59 bits per heavy atom. The zero-order valence-corrected chi connectivity index (χ0v) is 11.7. The van der Waals surface area contributed by atoms with E-state index in [-0.39, 0.29) is 11.3 Å². The summed E-state index contributed by atoms with van der Waals surface area (Å²) in [7, 11) is 3.72. The Morgan fingerprint density at radius 2 is 2.12 bits per heavy atom. The molecule has 0 unspecified atom stereocenters. The molecule has 0 heterocycles. The van der Waals surface area contributed by atoms with Crippen LogP contribution < -0.4 is 0 Å². The molecule has 0 fully saturated rings. The molecule has 0 aliphatic rings. The number of rotatable bonds is 4. The summed E-state index contributed by atoms with van der Waals surface area (Å²) in [6, 6.07) is 4.44. The first-order chi connectivity index (χ1) is 7.95. The summed E-state index contributed by atoms with van der Waals surface area (Å²) in [5, 5.41) is 0. The van der Waals surface area contributed by atoms with E-state index in [1.165, 1.54) is 18.2 Å². The van der Waals surface area contributed by atoms with E-state index in [0.29, 0.717) is 4.47 Å². The Bertz CT molecular complexity index is 455. The molecule has 1 aromatic carbocycles. The number of hydrogen-bond acceptors (Lipinski definition) is 2. The van der Waals surface area contributed by atoms with Crippen LogP contribution in [0.5, 0.6) is 0 Å². The second kappa shape index (κ2) is 5.96. The number of allylic oxidation sites excluding steroid dienone is 2. The Kier molecular flexibility index (Phi) is 4.87. The zero-order chi connectivity index (χ0) is 13.0. The number of halogens is 2. The molecule has 1 aromatic rings. The molecule has 2 nitrogen and oxygen atoms in total. The summed E-state index contributed by atoms with van der Waals surface area (Å²) in [5.74, 6) is -0.810. The second-order valence-electron chi connectivity index (χ2n) is 3.87. The second-order valence-corrected chi connectivity index (χ2v) is 4.79. The molecule has 4 heteroatoms. The van der Waals surface area contributed by atoms with Gasteiger partial charge in [0.05, 0.1) is 5.56 Å². The van der Waals surface area contributed by atoms with Crippen LogP contribution in [-0.4, -0.2) is 24.8 Å². The van der Waals surface area contributed by atoms with E-state index in [0.717, 1.165) is 12.1 Å². The Hall–Kier alpha value is -1.16. The molecular formula is C13H15BrFNO. The molecule has 0 amide bonds. The minimum absolute atomic E-state index is 0.0981. The number of ketones is 1. The number of nitrogens with zero attached hydrogens (tertiary/aromatic N) is 1. The average molecular weight is 300 g/mol. The summed E-state index contributed by atoms with van der Waals surface area (Å²) in [4.78, 5) is 13.7. The number of carbonyl (C=O) groups excluding carboxylic acids is 1. The molecule has 17 heavy (non-hydrogen) atoms. The Balaban J connectivity index is 3.05. The first kappa shape index (κ1) is 13.9. The molecular weight excluding hydrogens is 285 g/mol. The molecule has 0 spiro atoms. The summed E-state index contributed by atoms with van der Waals surface area (Å²) in [6.45, 7) is 1.96. The molecule has 0 saturated carbocycles. The summed E-state index contributed by atoms with van der Waals surface area (Å²) in [5.41, 5.74) is 0.971. The van der Waals surface area contributed by atoms with Gasteiger partial charge in [0.15, 0.2) is 5.78 Å². The lowest BCUT2D eigenvalue weighted by Crippen LogP contribution is -2.12. The highest BCUT2D eigenvalue weighted by molar-refractivity contribution is 9.10.